The molecular formula is C36H50O10Si. The zero-order valence-corrected chi connectivity index (χ0v) is 29.7. The van der Waals surface area contributed by atoms with Gasteiger partial charge in [0, 0.05) is 21.3 Å². The van der Waals surface area contributed by atoms with E-state index in [9.17, 15) is 19.8 Å². The molecule has 0 saturated carbocycles. The zero-order valence-electron chi connectivity index (χ0n) is 28.7. The molecule has 1 aliphatic rings. The highest BCUT2D eigenvalue weighted by Crippen LogP contribution is 2.35. The van der Waals surface area contributed by atoms with Gasteiger partial charge in [0.05, 0.1) is 24.4 Å². The molecule has 2 aromatic carbocycles. The summed E-state index contributed by atoms with van der Waals surface area (Å²) in [6.07, 6.45) is 4.62. The number of aromatic carboxylic acids is 1. The summed E-state index contributed by atoms with van der Waals surface area (Å²) in [6, 6.07) is 12.9. The molecule has 3 rings (SSSR count). The Hall–Kier alpha value is -3.48. The number of hydrogen-bond donors (Lipinski definition) is 2. The van der Waals surface area contributed by atoms with E-state index in [4.69, 9.17) is 28.4 Å². The van der Waals surface area contributed by atoms with E-state index in [0.717, 1.165) is 6.04 Å². The van der Waals surface area contributed by atoms with Gasteiger partial charge in [0.1, 0.15) is 29.3 Å². The van der Waals surface area contributed by atoms with E-state index in [1.165, 1.54) is 7.11 Å². The van der Waals surface area contributed by atoms with Crippen LogP contribution in [0.15, 0.2) is 60.7 Å². The van der Waals surface area contributed by atoms with Gasteiger partial charge >= 0.3 is 11.9 Å². The second-order valence-corrected chi connectivity index (χ2v) is 19.0. The number of rotatable bonds is 17. The minimum Gasteiger partial charge on any atom is -0.494 e. The summed E-state index contributed by atoms with van der Waals surface area (Å²) < 4.78 is 35.2. The molecular weight excluding hydrogens is 620 g/mol. The minimum atomic E-state index is -1.36. The molecule has 2 N–H and O–H groups in total. The minimum absolute atomic E-state index is 0.0268. The molecule has 1 heterocycles. The molecule has 0 aliphatic carbocycles. The quantitative estimate of drug-likeness (QED) is 0.0802. The van der Waals surface area contributed by atoms with Crippen LogP contribution in [0.5, 0.6) is 11.5 Å². The summed E-state index contributed by atoms with van der Waals surface area (Å²) in [5.74, 6) is -2.24. The number of benzene rings is 2. The van der Waals surface area contributed by atoms with Crippen LogP contribution in [0.25, 0.3) is 6.08 Å². The van der Waals surface area contributed by atoms with Crippen LogP contribution in [-0.4, -0.2) is 80.9 Å². The lowest BCUT2D eigenvalue weighted by molar-refractivity contribution is -0.152. The SMILES string of the molecule is COCOc1cc(OCC[Si](C)(C)C)cc(C=CC[C@@H]2OC(C)(C)O[C@@H]2C(C=C[C@@H](C)[C@H](C)O)OC(=O)c2ccccc2)c1C(=O)O. The Morgan fingerprint density at radius 1 is 1.04 bits per heavy atom. The van der Waals surface area contributed by atoms with Gasteiger partial charge in [-0.1, -0.05) is 63.0 Å². The first kappa shape index (κ1) is 38.0. The highest BCUT2D eigenvalue weighted by molar-refractivity contribution is 6.76. The van der Waals surface area contributed by atoms with Crippen LogP contribution >= 0.6 is 0 Å². The van der Waals surface area contributed by atoms with Crippen LogP contribution < -0.4 is 9.47 Å². The maximum atomic E-state index is 13.1. The molecule has 11 heteroatoms. The van der Waals surface area contributed by atoms with Crippen molar-refractivity contribution in [3.05, 3.63) is 77.4 Å². The molecule has 1 aliphatic heterocycles. The topological polar surface area (TPSA) is 130 Å². The predicted molar refractivity (Wildman–Crippen MR) is 183 cm³/mol. The van der Waals surface area contributed by atoms with Crippen molar-refractivity contribution in [3.8, 4) is 11.5 Å². The number of carbonyl (C=O) groups excluding carboxylic acids is 1. The van der Waals surface area contributed by atoms with Crippen molar-refractivity contribution in [2.45, 2.75) is 90.0 Å². The number of aliphatic hydroxyl groups excluding tert-OH is 1. The number of hydrogen-bond acceptors (Lipinski definition) is 9. The third kappa shape index (κ3) is 11.9. The molecule has 2 aromatic rings. The van der Waals surface area contributed by atoms with Crippen LogP contribution in [-0.2, 0) is 18.9 Å². The summed E-state index contributed by atoms with van der Waals surface area (Å²) in [7, 11) is 0.101. The Morgan fingerprint density at radius 3 is 2.36 bits per heavy atom. The van der Waals surface area contributed by atoms with Gasteiger partial charge in [-0.05, 0) is 69.0 Å². The van der Waals surface area contributed by atoms with Crippen molar-refractivity contribution >= 4 is 26.1 Å². The number of ether oxygens (including phenoxy) is 6. The Kier molecular flexibility index (Phi) is 13.8. The molecule has 10 nitrogen and oxygen atoms in total. The summed E-state index contributed by atoms with van der Waals surface area (Å²) in [4.78, 5) is 25.5. The highest BCUT2D eigenvalue weighted by Gasteiger charge is 2.45. The Balaban J connectivity index is 1.93. The molecule has 0 radical (unpaired) electrons. The van der Waals surface area contributed by atoms with Crippen LogP contribution in [0.3, 0.4) is 0 Å². The van der Waals surface area contributed by atoms with Gasteiger partial charge in [-0.3, -0.25) is 0 Å². The normalized spacial score (nSPS) is 19.9. The summed E-state index contributed by atoms with van der Waals surface area (Å²) in [5.41, 5.74) is 0.756. The Bertz CT molecular complexity index is 1380. The first-order chi connectivity index (χ1) is 22.1. The zero-order chi connectivity index (χ0) is 34.8. The lowest BCUT2D eigenvalue weighted by atomic mass is 9.99. The van der Waals surface area contributed by atoms with Crippen LogP contribution in [0.2, 0.25) is 25.7 Å². The first-order valence-corrected chi connectivity index (χ1v) is 19.6. The van der Waals surface area contributed by atoms with Crippen molar-refractivity contribution < 1.29 is 48.2 Å². The van der Waals surface area contributed by atoms with E-state index in [-0.39, 0.29) is 24.0 Å². The Morgan fingerprint density at radius 2 is 1.74 bits per heavy atom. The third-order valence-electron chi connectivity index (χ3n) is 7.60. The molecule has 0 spiro atoms. The number of esters is 1. The van der Waals surface area contributed by atoms with Gasteiger partial charge in [-0.2, -0.15) is 0 Å². The van der Waals surface area contributed by atoms with Crippen LogP contribution in [0.1, 0.15) is 60.4 Å². The Labute approximate surface area is 279 Å². The van der Waals surface area contributed by atoms with E-state index in [0.29, 0.717) is 29.9 Å². The number of methoxy groups -OCH3 is 1. The molecule has 5 atom stereocenters. The van der Waals surface area contributed by atoms with E-state index >= 15 is 0 Å². The van der Waals surface area contributed by atoms with Crippen molar-refractivity contribution in [1.82, 2.24) is 0 Å². The number of aliphatic hydroxyl groups is 1. The molecule has 0 aromatic heterocycles. The van der Waals surface area contributed by atoms with E-state index in [1.807, 2.05) is 13.0 Å². The maximum absolute atomic E-state index is 13.1. The maximum Gasteiger partial charge on any atom is 0.340 e. The average Bonchev–Trinajstić information content (AvgIpc) is 3.31. The molecule has 1 unspecified atom stereocenters. The van der Waals surface area contributed by atoms with E-state index < -0.39 is 50.2 Å². The van der Waals surface area contributed by atoms with Gasteiger partial charge < -0.3 is 38.6 Å². The monoisotopic (exact) mass is 670 g/mol. The van der Waals surface area contributed by atoms with Gasteiger partial charge in [-0.15, -0.1) is 0 Å². The number of carboxylic acid groups (broad SMARTS) is 1. The molecule has 1 saturated heterocycles. The third-order valence-corrected chi connectivity index (χ3v) is 9.31. The summed E-state index contributed by atoms with van der Waals surface area (Å²) in [5, 5.41) is 20.2. The van der Waals surface area contributed by atoms with E-state index in [1.54, 1.807) is 81.5 Å². The fourth-order valence-corrected chi connectivity index (χ4v) is 5.56. The van der Waals surface area contributed by atoms with Crippen LogP contribution in [0.4, 0.5) is 0 Å². The van der Waals surface area contributed by atoms with Crippen molar-refractivity contribution in [1.29, 1.82) is 0 Å². The lowest BCUT2D eigenvalue weighted by Crippen LogP contribution is -2.37. The molecule has 258 valence electrons. The largest absolute Gasteiger partial charge is 0.494 e. The molecule has 0 amide bonds. The molecule has 47 heavy (non-hydrogen) atoms. The standard InChI is InChI=1S/C36H50O10Si/c1-24(25(2)37)17-18-29(44-35(40)26-13-10-9-11-14-26)33-30(45-36(3,4)46-33)16-12-15-27-21-28(42-19-20-47(6,7)8)22-31(43-23-41-5)32(27)34(38)39/h9-15,17-18,21-22,24-25,29-30,33,37H,16,19-20,23H2,1-8H3,(H,38,39)/t24-,25+,29?,30+,33-/m1/s1. The van der Waals surface area contributed by atoms with Crippen molar-refractivity contribution in [3.63, 3.8) is 0 Å². The summed E-state index contributed by atoms with van der Waals surface area (Å²) in [6.45, 7) is 14.3. The second kappa shape index (κ2) is 17.1. The first-order valence-electron chi connectivity index (χ1n) is 15.9. The van der Waals surface area contributed by atoms with Gasteiger partial charge in [0.2, 0.25) is 0 Å². The van der Waals surface area contributed by atoms with Crippen molar-refractivity contribution in [2.24, 2.45) is 5.92 Å². The smallest absolute Gasteiger partial charge is 0.340 e. The molecule has 1 fully saturated rings. The van der Waals surface area contributed by atoms with Crippen molar-refractivity contribution in [2.75, 3.05) is 20.5 Å². The summed E-state index contributed by atoms with van der Waals surface area (Å²) >= 11 is 0. The van der Waals surface area contributed by atoms with Crippen LogP contribution in [0, 0.1) is 5.92 Å². The second-order valence-electron chi connectivity index (χ2n) is 13.4. The highest BCUT2D eigenvalue weighted by atomic mass is 28.3. The average molecular weight is 671 g/mol. The van der Waals surface area contributed by atoms with E-state index in [2.05, 4.69) is 19.6 Å². The lowest BCUT2D eigenvalue weighted by Gasteiger charge is -2.25. The molecule has 0 bridgehead atoms. The fraction of sp³-hybridized carbons (Fsp3) is 0.500. The number of carboxylic acids is 1. The van der Waals surface area contributed by atoms with Gasteiger partial charge in [0.25, 0.3) is 0 Å². The van der Waals surface area contributed by atoms with Gasteiger partial charge in [-0.25, -0.2) is 9.59 Å². The van der Waals surface area contributed by atoms with Gasteiger partial charge in [0.15, 0.2) is 12.6 Å². The predicted octanol–water partition coefficient (Wildman–Crippen LogP) is 6.81. The fourth-order valence-electron chi connectivity index (χ4n) is 4.85. The number of carbonyl (C=O) groups is 2.